The zero-order chi connectivity index (χ0) is 14.7. The van der Waals surface area contributed by atoms with Crippen molar-refractivity contribution in [1.82, 2.24) is 5.32 Å². The molecule has 1 saturated carbocycles. The Kier molecular flexibility index (Phi) is 4.49. The molecule has 0 bridgehead atoms. The van der Waals surface area contributed by atoms with Crippen LogP contribution in [-0.4, -0.2) is 23.5 Å². The highest BCUT2D eigenvalue weighted by Crippen LogP contribution is 2.31. The average Bonchev–Trinajstić information content (AvgIpc) is 2.83. The van der Waals surface area contributed by atoms with E-state index in [2.05, 4.69) is 5.32 Å². The largest absolute Gasteiger partial charge is 0.481 e. The fraction of sp³-hybridized carbons (Fsp3) is 0.429. The molecule has 2 atom stereocenters. The molecular formula is C14H17ClN2O3. The number of nitrogens with two attached hydrogens (primary N) is 1. The van der Waals surface area contributed by atoms with Crippen LogP contribution in [0, 0.1) is 11.8 Å². The van der Waals surface area contributed by atoms with Gasteiger partial charge in [0.25, 0.3) is 5.91 Å². The van der Waals surface area contributed by atoms with E-state index in [9.17, 15) is 9.59 Å². The summed E-state index contributed by atoms with van der Waals surface area (Å²) in [4.78, 5) is 23.1. The van der Waals surface area contributed by atoms with Crippen molar-refractivity contribution in [2.24, 2.45) is 11.8 Å². The molecule has 1 amide bonds. The van der Waals surface area contributed by atoms with E-state index >= 15 is 0 Å². The SMILES string of the molecule is Nc1cc(Cl)cc(C(=O)NCC2CCCC2C(=O)O)c1. The van der Waals surface area contributed by atoms with Crippen LogP contribution < -0.4 is 11.1 Å². The second-order valence-electron chi connectivity index (χ2n) is 5.12. The maximum Gasteiger partial charge on any atom is 0.306 e. The highest BCUT2D eigenvalue weighted by Gasteiger charge is 2.32. The molecule has 0 spiro atoms. The van der Waals surface area contributed by atoms with E-state index in [1.165, 1.54) is 6.07 Å². The van der Waals surface area contributed by atoms with E-state index in [1.54, 1.807) is 12.1 Å². The highest BCUT2D eigenvalue weighted by molar-refractivity contribution is 6.31. The summed E-state index contributed by atoms with van der Waals surface area (Å²) < 4.78 is 0. The van der Waals surface area contributed by atoms with E-state index in [-0.39, 0.29) is 17.7 Å². The molecule has 1 aromatic rings. The van der Waals surface area contributed by atoms with Crippen LogP contribution in [0.3, 0.4) is 0 Å². The van der Waals surface area contributed by atoms with Crippen LogP contribution in [-0.2, 0) is 4.79 Å². The lowest BCUT2D eigenvalue weighted by atomic mass is 9.96. The molecule has 0 radical (unpaired) electrons. The lowest BCUT2D eigenvalue weighted by molar-refractivity contribution is -0.142. The van der Waals surface area contributed by atoms with Gasteiger partial charge in [0, 0.05) is 22.8 Å². The van der Waals surface area contributed by atoms with E-state index in [0.29, 0.717) is 29.2 Å². The number of rotatable bonds is 4. The van der Waals surface area contributed by atoms with Gasteiger partial charge in [-0.05, 0) is 37.0 Å². The zero-order valence-corrected chi connectivity index (χ0v) is 11.7. The minimum absolute atomic E-state index is 0.00650. The van der Waals surface area contributed by atoms with E-state index in [1.807, 2.05) is 0 Å². The number of anilines is 1. The smallest absolute Gasteiger partial charge is 0.306 e. The van der Waals surface area contributed by atoms with Gasteiger partial charge >= 0.3 is 5.97 Å². The van der Waals surface area contributed by atoms with Gasteiger partial charge in [-0.15, -0.1) is 0 Å². The fourth-order valence-electron chi connectivity index (χ4n) is 2.68. The van der Waals surface area contributed by atoms with E-state index in [4.69, 9.17) is 22.4 Å². The Morgan fingerprint density at radius 2 is 2.10 bits per heavy atom. The van der Waals surface area contributed by atoms with Crippen LogP contribution in [0.25, 0.3) is 0 Å². The number of halogens is 1. The predicted molar refractivity (Wildman–Crippen MR) is 76.7 cm³/mol. The lowest BCUT2D eigenvalue weighted by Gasteiger charge is -2.16. The third-order valence-corrected chi connectivity index (χ3v) is 3.90. The van der Waals surface area contributed by atoms with Crippen molar-refractivity contribution in [3.8, 4) is 0 Å². The van der Waals surface area contributed by atoms with Gasteiger partial charge in [-0.2, -0.15) is 0 Å². The Labute approximate surface area is 122 Å². The van der Waals surface area contributed by atoms with Gasteiger partial charge in [0.2, 0.25) is 0 Å². The number of carbonyl (C=O) groups excluding carboxylic acids is 1. The number of hydrogen-bond acceptors (Lipinski definition) is 3. The highest BCUT2D eigenvalue weighted by atomic mass is 35.5. The monoisotopic (exact) mass is 296 g/mol. The number of benzene rings is 1. The molecule has 2 unspecified atom stereocenters. The summed E-state index contributed by atoms with van der Waals surface area (Å²) in [5.74, 6) is -1.43. The summed E-state index contributed by atoms with van der Waals surface area (Å²) in [6.07, 6.45) is 2.40. The van der Waals surface area contributed by atoms with Gasteiger partial charge in [-0.3, -0.25) is 9.59 Å². The van der Waals surface area contributed by atoms with Crippen LogP contribution in [0.15, 0.2) is 18.2 Å². The molecule has 0 aliphatic heterocycles. The molecule has 2 rings (SSSR count). The lowest BCUT2D eigenvalue weighted by Crippen LogP contribution is -2.33. The minimum atomic E-state index is -0.784. The van der Waals surface area contributed by atoms with Gasteiger partial charge in [0.1, 0.15) is 0 Å². The molecule has 4 N–H and O–H groups in total. The standard InChI is InChI=1S/C14H17ClN2O3/c15-10-4-9(5-11(16)6-10)13(18)17-7-8-2-1-3-12(8)14(19)20/h4-6,8,12H,1-3,7,16H2,(H,17,18)(H,19,20). The number of hydrogen-bond donors (Lipinski definition) is 3. The zero-order valence-electron chi connectivity index (χ0n) is 10.9. The first-order valence-electron chi connectivity index (χ1n) is 6.54. The molecule has 0 saturated heterocycles. The predicted octanol–water partition coefficient (Wildman–Crippen LogP) is 2.15. The average molecular weight is 297 g/mol. The number of aliphatic carboxylic acids is 1. The Balaban J connectivity index is 1.96. The molecule has 0 heterocycles. The molecule has 1 aliphatic rings. The second kappa shape index (κ2) is 6.13. The third kappa shape index (κ3) is 3.42. The van der Waals surface area contributed by atoms with Crippen LogP contribution in [0.4, 0.5) is 5.69 Å². The topological polar surface area (TPSA) is 92.4 Å². The van der Waals surface area contributed by atoms with Crippen LogP contribution in [0.2, 0.25) is 5.02 Å². The van der Waals surface area contributed by atoms with Gasteiger partial charge in [-0.1, -0.05) is 18.0 Å². The van der Waals surface area contributed by atoms with E-state index in [0.717, 1.165) is 12.8 Å². The Bertz CT molecular complexity index is 513. The number of nitrogens with one attached hydrogen (secondary N) is 1. The fourth-order valence-corrected chi connectivity index (χ4v) is 2.92. The van der Waals surface area contributed by atoms with Crippen LogP contribution in [0.1, 0.15) is 29.6 Å². The molecule has 0 aromatic heterocycles. The molecule has 1 aromatic carbocycles. The Morgan fingerprint density at radius 1 is 1.35 bits per heavy atom. The van der Waals surface area contributed by atoms with Gasteiger partial charge in [-0.25, -0.2) is 0 Å². The first-order valence-corrected chi connectivity index (χ1v) is 6.92. The van der Waals surface area contributed by atoms with Crippen LogP contribution in [0.5, 0.6) is 0 Å². The van der Waals surface area contributed by atoms with E-state index < -0.39 is 5.97 Å². The quantitative estimate of drug-likeness (QED) is 0.742. The first-order chi connectivity index (χ1) is 9.47. The van der Waals surface area contributed by atoms with Crippen molar-refractivity contribution < 1.29 is 14.7 Å². The molecule has 6 heteroatoms. The maximum atomic E-state index is 12.0. The summed E-state index contributed by atoms with van der Waals surface area (Å²) in [6, 6.07) is 4.65. The third-order valence-electron chi connectivity index (χ3n) is 3.68. The minimum Gasteiger partial charge on any atom is -0.481 e. The summed E-state index contributed by atoms with van der Waals surface area (Å²) in [6.45, 7) is 0.363. The molecule has 20 heavy (non-hydrogen) atoms. The van der Waals surface area contributed by atoms with Gasteiger partial charge < -0.3 is 16.2 Å². The van der Waals surface area contributed by atoms with Crippen molar-refractivity contribution in [3.05, 3.63) is 28.8 Å². The van der Waals surface area contributed by atoms with Crippen molar-refractivity contribution in [1.29, 1.82) is 0 Å². The van der Waals surface area contributed by atoms with Gasteiger partial charge in [0.05, 0.1) is 5.92 Å². The number of carbonyl (C=O) groups is 2. The van der Waals surface area contributed by atoms with Crippen molar-refractivity contribution in [2.45, 2.75) is 19.3 Å². The van der Waals surface area contributed by atoms with Crippen molar-refractivity contribution in [3.63, 3.8) is 0 Å². The molecule has 5 nitrogen and oxygen atoms in total. The Morgan fingerprint density at radius 3 is 2.75 bits per heavy atom. The summed E-state index contributed by atoms with van der Waals surface area (Å²) in [5.41, 5.74) is 6.45. The second-order valence-corrected chi connectivity index (χ2v) is 5.56. The summed E-state index contributed by atoms with van der Waals surface area (Å²) in [5, 5.41) is 12.3. The molecule has 1 fully saturated rings. The van der Waals surface area contributed by atoms with Crippen molar-refractivity contribution >= 4 is 29.2 Å². The molecule has 1 aliphatic carbocycles. The van der Waals surface area contributed by atoms with Crippen LogP contribution >= 0.6 is 11.6 Å². The summed E-state index contributed by atoms with van der Waals surface area (Å²) >= 11 is 5.85. The van der Waals surface area contributed by atoms with Gasteiger partial charge in [0.15, 0.2) is 0 Å². The first kappa shape index (κ1) is 14.7. The normalized spacial score (nSPS) is 21.6. The number of carboxylic acid groups (broad SMARTS) is 1. The number of nitrogen functional groups attached to an aromatic ring is 1. The summed E-state index contributed by atoms with van der Waals surface area (Å²) in [7, 11) is 0. The Hall–Kier alpha value is -1.75. The molecule has 108 valence electrons. The maximum absolute atomic E-state index is 12.0. The number of carboxylic acids is 1. The van der Waals surface area contributed by atoms with Crippen molar-refractivity contribution in [2.75, 3.05) is 12.3 Å². The number of amides is 1. The molecular weight excluding hydrogens is 280 g/mol.